The van der Waals surface area contributed by atoms with E-state index in [9.17, 15) is 4.79 Å². The standard InChI is InChI=1S/C13H9Br3O2S/c1-2-18-10-4-3-7(5-8(10)14)12(17)11-6-9(15)13(16)19-11/h3-6H,2H2,1H3. The van der Waals surface area contributed by atoms with Gasteiger partial charge in [0.1, 0.15) is 5.75 Å². The van der Waals surface area contributed by atoms with Gasteiger partial charge in [-0.05, 0) is 79.0 Å². The lowest BCUT2D eigenvalue weighted by molar-refractivity contribution is 0.104. The summed E-state index contributed by atoms with van der Waals surface area (Å²) in [6.45, 7) is 2.52. The SMILES string of the molecule is CCOc1ccc(C(=O)c2cc(Br)c(Br)s2)cc1Br. The van der Waals surface area contributed by atoms with Crippen molar-refractivity contribution in [3.63, 3.8) is 0 Å². The van der Waals surface area contributed by atoms with Gasteiger partial charge in [-0.15, -0.1) is 11.3 Å². The lowest BCUT2D eigenvalue weighted by Gasteiger charge is -2.06. The molecule has 0 aliphatic rings. The second-order valence-corrected chi connectivity index (χ2v) is 7.72. The molecule has 2 nitrogen and oxygen atoms in total. The fraction of sp³-hybridized carbons (Fsp3) is 0.154. The molecule has 19 heavy (non-hydrogen) atoms. The number of benzene rings is 1. The van der Waals surface area contributed by atoms with Crippen LogP contribution in [0.15, 0.2) is 37.0 Å². The smallest absolute Gasteiger partial charge is 0.203 e. The van der Waals surface area contributed by atoms with Crippen LogP contribution in [-0.4, -0.2) is 12.4 Å². The number of thiophene rings is 1. The first kappa shape index (κ1) is 15.2. The third-order valence-electron chi connectivity index (χ3n) is 2.36. The van der Waals surface area contributed by atoms with E-state index in [2.05, 4.69) is 47.8 Å². The highest BCUT2D eigenvalue weighted by Gasteiger charge is 2.15. The fourth-order valence-corrected chi connectivity index (χ4v) is 4.01. The summed E-state index contributed by atoms with van der Waals surface area (Å²) >= 11 is 11.6. The van der Waals surface area contributed by atoms with Crippen molar-refractivity contribution in [2.45, 2.75) is 6.92 Å². The van der Waals surface area contributed by atoms with Crippen LogP contribution >= 0.6 is 59.1 Å². The maximum absolute atomic E-state index is 12.3. The Morgan fingerprint density at radius 1 is 1.21 bits per heavy atom. The van der Waals surface area contributed by atoms with E-state index < -0.39 is 0 Å². The molecule has 0 aliphatic carbocycles. The first-order valence-corrected chi connectivity index (χ1v) is 8.64. The Kier molecular flexibility index (Phi) is 5.22. The maximum Gasteiger partial charge on any atom is 0.203 e. The van der Waals surface area contributed by atoms with Crippen LogP contribution in [0.25, 0.3) is 0 Å². The van der Waals surface area contributed by atoms with Gasteiger partial charge < -0.3 is 4.74 Å². The maximum atomic E-state index is 12.3. The van der Waals surface area contributed by atoms with Gasteiger partial charge >= 0.3 is 0 Å². The van der Waals surface area contributed by atoms with E-state index in [1.54, 1.807) is 18.2 Å². The van der Waals surface area contributed by atoms with Crippen LogP contribution in [0.3, 0.4) is 0 Å². The Bertz CT molecular complexity index is 603. The summed E-state index contributed by atoms with van der Waals surface area (Å²) in [5.41, 5.74) is 0.636. The van der Waals surface area contributed by atoms with E-state index in [0.717, 1.165) is 18.5 Å². The summed E-state index contributed by atoms with van der Waals surface area (Å²) in [5, 5.41) is 0. The summed E-state index contributed by atoms with van der Waals surface area (Å²) in [7, 11) is 0. The van der Waals surface area contributed by atoms with Crippen molar-refractivity contribution in [2.75, 3.05) is 6.61 Å². The molecule has 0 aliphatic heterocycles. The molecule has 0 saturated heterocycles. The monoisotopic (exact) mass is 466 g/mol. The molecule has 0 bridgehead atoms. The Balaban J connectivity index is 2.31. The summed E-state index contributed by atoms with van der Waals surface area (Å²) in [4.78, 5) is 13.0. The fourth-order valence-electron chi connectivity index (χ4n) is 1.52. The number of ketones is 1. The number of hydrogen-bond donors (Lipinski definition) is 0. The van der Waals surface area contributed by atoms with Gasteiger partial charge in [0, 0.05) is 10.0 Å². The van der Waals surface area contributed by atoms with Crippen molar-refractivity contribution >= 4 is 64.9 Å². The van der Waals surface area contributed by atoms with E-state index in [0.29, 0.717) is 17.0 Å². The summed E-state index contributed by atoms with van der Waals surface area (Å²) in [6.07, 6.45) is 0. The van der Waals surface area contributed by atoms with E-state index in [1.807, 2.05) is 13.0 Å². The van der Waals surface area contributed by atoms with Crippen LogP contribution in [0.4, 0.5) is 0 Å². The highest BCUT2D eigenvalue weighted by Crippen LogP contribution is 2.34. The lowest BCUT2D eigenvalue weighted by atomic mass is 10.1. The third-order valence-corrected chi connectivity index (χ3v) is 6.24. The van der Waals surface area contributed by atoms with Crippen LogP contribution in [0.2, 0.25) is 0 Å². The van der Waals surface area contributed by atoms with Crippen molar-refractivity contribution in [1.82, 2.24) is 0 Å². The van der Waals surface area contributed by atoms with Crippen molar-refractivity contribution < 1.29 is 9.53 Å². The Labute approximate surface area is 140 Å². The third kappa shape index (κ3) is 3.48. The van der Waals surface area contributed by atoms with Gasteiger partial charge in [0.15, 0.2) is 0 Å². The minimum Gasteiger partial charge on any atom is -0.493 e. The highest BCUT2D eigenvalue weighted by atomic mass is 79.9. The molecule has 100 valence electrons. The molecule has 0 fully saturated rings. The normalized spacial score (nSPS) is 10.5. The molecule has 0 atom stereocenters. The zero-order valence-electron chi connectivity index (χ0n) is 9.88. The minimum atomic E-state index is 0.000137. The molecule has 0 N–H and O–H groups in total. The first-order chi connectivity index (χ1) is 9.02. The van der Waals surface area contributed by atoms with Crippen molar-refractivity contribution in [3.8, 4) is 5.75 Å². The number of rotatable bonds is 4. The molecule has 0 amide bonds. The van der Waals surface area contributed by atoms with Gasteiger partial charge in [0.2, 0.25) is 5.78 Å². The van der Waals surface area contributed by atoms with Gasteiger partial charge in [0.05, 0.1) is 19.7 Å². The first-order valence-electron chi connectivity index (χ1n) is 5.44. The average Bonchev–Trinajstić information content (AvgIpc) is 2.71. The van der Waals surface area contributed by atoms with Crippen LogP contribution in [0.5, 0.6) is 5.75 Å². The van der Waals surface area contributed by atoms with Gasteiger partial charge in [-0.1, -0.05) is 0 Å². The van der Waals surface area contributed by atoms with Crippen LogP contribution in [-0.2, 0) is 0 Å². The molecule has 2 rings (SSSR count). The predicted octanol–water partition coefficient (Wildman–Crippen LogP) is 5.67. The van der Waals surface area contributed by atoms with Crippen LogP contribution in [0.1, 0.15) is 22.2 Å². The average molecular weight is 469 g/mol. The molecule has 1 heterocycles. The van der Waals surface area contributed by atoms with Crippen molar-refractivity contribution in [1.29, 1.82) is 0 Å². The van der Waals surface area contributed by atoms with Gasteiger partial charge in [-0.3, -0.25) is 4.79 Å². The lowest BCUT2D eigenvalue weighted by Crippen LogP contribution is -2.00. The number of halogens is 3. The van der Waals surface area contributed by atoms with E-state index in [-0.39, 0.29) is 5.78 Å². The number of hydrogen-bond acceptors (Lipinski definition) is 3. The number of carbonyl (C=O) groups excluding carboxylic acids is 1. The predicted molar refractivity (Wildman–Crippen MR) is 88.5 cm³/mol. The Hall–Kier alpha value is -0.170. The topological polar surface area (TPSA) is 26.3 Å². The van der Waals surface area contributed by atoms with E-state index in [4.69, 9.17) is 4.74 Å². The summed E-state index contributed by atoms with van der Waals surface area (Å²) < 4.78 is 8.03. The molecule has 6 heteroatoms. The molecule has 0 radical (unpaired) electrons. The Morgan fingerprint density at radius 3 is 2.47 bits per heavy atom. The highest BCUT2D eigenvalue weighted by molar-refractivity contribution is 9.13. The van der Waals surface area contributed by atoms with Crippen molar-refractivity contribution in [2.24, 2.45) is 0 Å². The quantitative estimate of drug-likeness (QED) is 0.541. The van der Waals surface area contributed by atoms with Crippen LogP contribution < -0.4 is 4.74 Å². The zero-order valence-corrected chi connectivity index (χ0v) is 15.4. The molecule has 2 aromatic rings. The summed E-state index contributed by atoms with van der Waals surface area (Å²) in [5.74, 6) is 0.743. The largest absolute Gasteiger partial charge is 0.493 e. The number of ether oxygens (including phenoxy) is 1. The van der Waals surface area contributed by atoms with Gasteiger partial charge in [-0.2, -0.15) is 0 Å². The summed E-state index contributed by atoms with van der Waals surface area (Å²) in [6, 6.07) is 7.19. The minimum absolute atomic E-state index is 0.000137. The second kappa shape index (κ2) is 6.52. The zero-order chi connectivity index (χ0) is 14.0. The molecule has 0 saturated carbocycles. The molecular weight excluding hydrogens is 460 g/mol. The van der Waals surface area contributed by atoms with E-state index >= 15 is 0 Å². The second-order valence-electron chi connectivity index (χ2n) is 3.64. The van der Waals surface area contributed by atoms with Crippen molar-refractivity contribution in [3.05, 3.63) is 47.4 Å². The molecule has 1 aromatic carbocycles. The van der Waals surface area contributed by atoms with E-state index in [1.165, 1.54) is 11.3 Å². The molecule has 0 spiro atoms. The Morgan fingerprint density at radius 2 is 1.95 bits per heavy atom. The van der Waals surface area contributed by atoms with Gasteiger partial charge in [-0.25, -0.2) is 0 Å². The molecule has 1 aromatic heterocycles. The van der Waals surface area contributed by atoms with Crippen LogP contribution in [0, 0.1) is 0 Å². The molecular formula is C13H9Br3O2S. The molecule has 0 unspecified atom stereocenters. The number of carbonyl (C=O) groups is 1. The van der Waals surface area contributed by atoms with Gasteiger partial charge in [0.25, 0.3) is 0 Å².